The van der Waals surface area contributed by atoms with E-state index >= 15 is 0 Å². The van der Waals surface area contributed by atoms with Gasteiger partial charge in [-0.15, -0.1) is 0 Å². The molecule has 6 heteroatoms. The number of aliphatic hydroxyl groups is 1. The highest BCUT2D eigenvalue weighted by atomic mass is 16.5. The van der Waals surface area contributed by atoms with Crippen LogP contribution in [0.3, 0.4) is 0 Å². The first-order valence-electron chi connectivity index (χ1n) is 5.54. The summed E-state index contributed by atoms with van der Waals surface area (Å²) in [5, 5.41) is 9.58. The molecule has 6 nitrogen and oxygen atoms in total. The first kappa shape index (κ1) is 11.8. The fraction of sp³-hybridized carbons (Fsp3) is 0.545. The van der Waals surface area contributed by atoms with Crippen LogP contribution in [0.2, 0.25) is 0 Å². The van der Waals surface area contributed by atoms with Crippen LogP contribution in [0, 0.1) is 0 Å². The van der Waals surface area contributed by atoms with E-state index in [0.717, 1.165) is 19.4 Å². The predicted octanol–water partition coefficient (Wildman–Crippen LogP) is 0.224. The molecule has 0 aliphatic carbocycles. The molecule has 2 rings (SSSR count). The number of aliphatic hydroxyl groups excluding tert-OH is 1. The molecule has 0 unspecified atom stereocenters. The highest BCUT2D eigenvalue weighted by molar-refractivity contribution is 5.87. The number of methoxy groups -OCH3 is 1. The van der Waals surface area contributed by atoms with Crippen LogP contribution in [0.4, 0.5) is 5.82 Å². The minimum Gasteiger partial charge on any atom is -0.464 e. The second-order valence-electron chi connectivity index (χ2n) is 4.00. The summed E-state index contributed by atoms with van der Waals surface area (Å²) in [6, 6.07) is 0. The Morgan fingerprint density at radius 3 is 3.12 bits per heavy atom. The number of hydrogen-bond donors (Lipinski definition) is 1. The Morgan fingerprint density at radius 1 is 1.59 bits per heavy atom. The Morgan fingerprint density at radius 2 is 2.41 bits per heavy atom. The van der Waals surface area contributed by atoms with Crippen molar-refractivity contribution >= 4 is 11.8 Å². The van der Waals surface area contributed by atoms with E-state index < -0.39 is 5.97 Å². The molecule has 1 aliphatic heterocycles. The van der Waals surface area contributed by atoms with E-state index in [4.69, 9.17) is 0 Å². The minimum absolute atomic E-state index is 0.185. The lowest BCUT2D eigenvalue weighted by molar-refractivity contribution is 0.0593. The highest BCUT2D eigenvalue weighted by Gasteiger charge is 2.20. The molecule has 2 heterocycles. The van der Waals surface area contributed by atoms with Crippen molar-refractivity contribution < 1.29 is 14.6 Å². The van der Waals surface area contributed by atoms with Crippen LogP contribution in [0.25, 0.3) is 0 Å². The van der Waals surface area contributed by atoms with Crippen molar-refractivity contribution in [3.05, 3.63) is 18.1 Å². The number of ether oxygens (including phenoxy) is 1. The standard InChI is InChI=1S/C11H15N3O3/c1-17-11(16)9-5-12-6-10(13-9)14-4-2-3-8(15)7-14/h5-6,8,15H,2-4,7H2,1H3/t8-/m0/s1. The van der Waals surface area contributed by atoms with E-state index in [2.05, 4.69) is 14.7 Å². The summed E-state index contributed by atoms with van der Waals surface area (Å²) < 4.78 is 4.59. The van der Waals surface area contributed by atoms with Gasteiger partial charge in [0, 0.05) is 13.1 Å². The summed E-state index contributed by atoms with van der Waals surface area (Å²) in [4.78, 5) is 21.4. The Bertz CT molecular complexity index is 411. The fourth-order valence-corrected chi connectivity index (χ4v) is 1.87. The fourth-order valence-electron chi connectivity index (χ4n) is 1.87. The van der Waals surface area contributed by atoms with Crippen LogP contribution in [0.15, 0.2) is 12.4 Å². The monoisotopic (exact) mass is 237 g/mol. The van der Waals surface area contributed by atoms with Crippen LogP contribution >= 0.6 is 0 Å². The van der Waals surface area contributed by atoms with Gasteiger partial charge in [0.25, 0.3) is 0 Å². The van der Waals surface area contributed by atoms with E-state index in [1.54, 1.807) is 6.20 Å². The number of piperidine rings is 1. The van der Waals surface area contributed by atoms with Crippen molar-refractivity contribution in [1.29, 1.82) is 0 Å². The first-order chi connectivity index (χ1) is 8.20. The van der Waals surface area contributed by atoms with Crippen molar-refractivity contribution in [2.75, 3.05) is 25.1 Å². The van der Waals surface area contributed by atoms with E-state index in [0.29, 0.717) is 12.4 Å². The zero-order valence-electron chi connectivity index (χ0n) is 9.67. The van der Waals surface area contributed by atoms with Gasteiger partial charge < -0.3 is 14.7 Å². The topological polar surface area (TPSA) is 75.5 Å². The van der Waals surface area contributed by atoms with Gasteiger partial charge in [-0.05, 0) is 12.8 Å². The lowest BCUT2D eigenvalue weighted by Crippen LogP contribution is -2.38. The molecule has 0 bridgehead atoms. The molecule has 1 aromatic rings. The summed E-state index contributed by atoms with van der Waals surface area (Å²) in [6.45, 7) is 1.34. The Labute approximate surface area is 99.2 Å². The highest BCUT2D eigenvalue weighted by Crippen LogP contribution is 2.17. The molecule has 1 N–H and O–H groups in total. The first-order valence-corrected chi connectivity index (χ1v) is 5.54. The van der Waals surface area contributed by atoms with Crippen molar-refractivity contribution in [3.8, 4) is 0 Å². The Hall–Kier alpha value is -1.69. The zero-order valence-corrected chi connectivity index (χ0v) is 9.67. The van der Waals surface area contributed by atoms with Gasteiger partial charge in [0.15, 0.2) is 5.69 Å². The Balaban J connectivity index is 2.17. The van der Waals surface area contributed by atoms with Gasteiger partial charge in [0.2, 0.25) is 0 Å². The third-order valence-electron chi connectivity index (χ3n) is 2.74. The molecule has 0 spiro atoms. The number of nitrogens with zero attached hydrogens (tertiary/aromatic N) is 3. The predicted molar refractivity (Wildman–Crippen MR) is 60.8 cm³/mol. The number of rotatable bonds is 2. The second kappa shape index (κ2) is 5.09. The maximum absolute atomic E-state index is 11.3. The molecule has 1 saturated heterocycles. The van der Waals surface area contributed by atoms with Crippen molar-refractivity contribution in [3.63, 3.8) is 0 Å². The second-order valence-corrected chi connectivity index (χ2v) is 4.00. The van der Waals surface area contributed by atoms with Gasteiger partial charge in [-0.25, -0.2) is 9.78 Å². The summed E-state index contributed by atoms with van der Waals surface area (Å²) in [7, 11) is 1.31. The number of anilines is 1. The summed E-state index contributed by atoms with van der Waals surface area (Å²) >= 11 is 0. The van der Waals surface area contributed by atoms with Crippen LogP contribution in [-0.2, 0) is 4.74 Å². The summed E-state index contributed by atoms with van der Waals surface area (Å²) in [5.41, 5.74) is 0.185. The average molecular weight is 237 g/mol. The van der Waals surface area contributed by atoms with Crippen LogP contribution in [0.5, 0.6) is 0 Å². The smallest absolute Gasteiger partial charge is 0.358 e. The molecule has 0 amide bonds. The molecular weight excluding hydrogens is 222 g/mol. The third kappa shape index (κ3) is 2.71. The molecule has 1 aromatic heterocycles. The molecule has 1 fully saturated rings. The van der Waals surface area contributed by atoms with Crippen LogP contribution < -0.4 is 4.90 Å². The van der Waals surface area contributed by atoms with Crippen molar-refractivity contribution in [2.45, 2.75) is 18.9 Å². The van der Waals surface area contributed by atoms with E-state index in [-0.39, 0.29) is 11.8 Å². The molecule has 0 saturated carbocycles. The number of carbonyl (C=O) groups excluding carboxylic acids is 1. The number of aromatic nitrogens is 2. The molecule has 17 heavy (non-hydrogen) atoms. The van der Waals surface area contributed by atoms with Gasteiger partial charge >= 0.3 is 5.97 Å². The average Bonchev–Trinajstić information content (AvgIpc) is 2.38. The molecule has 0 aromatic carbocycles. The van der Waals surface area contributed by atoms with Crippen LogP contribution in [0.1, 0.15) is 23.3 Å². The van der Waals surface area contributed by atoms with Gasteiger partial charge in [-0.1, -0.05) is 0 Å². The van der Waals surface area contributed by atoms with Gasteiger partial charge in [0.1, 0.15) is 5.82 Å². The molecule has 1 atom stereocenters. The number of esters is 1. The number of β-amino-alcohol motifs (C(OH)–C–C–N with tert-alkyl or cyclic N) is 1. The third-order valence-corrected chi connectivity index (χ3v) is 2.74. The van der Waals surface area contributed by atoms with E-state index in [1.165, 1.54) is 13.3 Å². The largest absolute Gasteiger partial charge is 0.464 e. The van der Waals surface area contributed by atoms with Gasteiger partial charge in [0.05, 0.1) is 25.6 Å². The summed E-state index contributed by atoms with van der Waals surface area (Å²) in [5.74, 6) is 0.101. The normalized spacial score (nSPS) is 20.1. The Kier molecular flexibility index (Phi) is 3.53. The minimum atomic E-state index is -0.503. The van der Waals surface area contributed by atoms with Gasteiger partial charge in [-0.3, -0.25) is 4.98 Å². The van der Waals surface area contributed by atoms with Crippen molar-refractivity contribution in [1.82, 2.24) is 9.97 Å². The van der Waals surface area contributed by atoms with E-state index in [1.807, 2.05) is 4.90 Å². The molecule has 1 aliphatic rings. The van der Waals surface area contributed by atoms with Gasteiger partial charge in [-0.2, -0.15) is 0 Å². The lowest BCUT2D eigenvalue weighted by Gasteiger charge is -2.30. The quantitative estimate of drug-likeness (QED) is 0.742. The maximum atomic E-state index is 11.3. The zero-order chi connectivity index (χ0) is 12.3. The van der Waals surface area contributed by atoms with Crippen molar-refractivity contribution in [2.24, 2.45) is 0 Å². The maximum Gasteiger partial charge on any atom is 0.358 e. The molecular formula is C11H15N3O3. The number of carbonyl (C=O) groups is 1. The summed E-state index contributed by atoms with van der Waals surface area (Å²) in [6.07, 6.45) is 4.33. The molecule has 0 radical (unpaired) electrons. The lowest BCUT2D eigenvalue weighted by atomic mass is 10.1. The molecule has 92 valence electrons. The van der Waals surface area contributed by atoms with Crippen LogP contribution in [-0.4, -0.2) is 47.3 Å². The SMILES string of the molecule is COC(=O)c1cncc(N2CCC[C@H](O)C2)n1. The van der Waals surface area contributed by atoms with E-state index in [9.17, 15) is 9.90 Å². The number of hydrogen-bond acceptors (Lipinski definition) is 6.